The Morgan fingerprint density at radius 3 is 2.75 bits per heavy atom. The van der Waals surface area contributed by atoms with Crippen LogP contribution >= 0.6 is 11.6 Å². The van der Waals surface area contributed by atoms with E-state index >= 15 is 0 Å². The fraction of sp³-hybridized carbons (Fsp3) is 0.353. The first-order valence-electron chi connectivity index (χ1n) is 7.98. The van der Waals surface area contributed by atoms with Crippen LogP contribution in [0.1, 0.15) is 42.6 Å². The second-order valence-electron chi connectivity index (χ2n) is 5.83. The maximum absolute atomic E-state index is 13.2. The number of rotatable bonds is 4. The summed E-state index contributed by atoms with van der Waals surface area (Å²) in [7, 11) is 0. The van der Waals surface area contributed by atoms with Gasteiger partial charge in [-0.1, -0.05) is 30.9 Å². The van der Waals surface area contributed by atoms with Gasteiger partial charge >= 0.3 is 0 Å². The monoisotopic (exact) mass is 348 g/mol. The summed E-state index contributed by atoms with van der Waals surface area (Å²) in [5.74, 6) is -0.478. The van der Waals surface area contributed by atoms with E-state index in [1.807, 2.05) is 0 Å². The molecular weight excluding hydrogens is 331 g/mol. The lowest BCUT2D eigenvalue weighted by atomic mass is 9.96. The number of benzene rings is 1. The molecule has 1 aliphatic carbocycles. The number of aromatic nitrogens is 2. The second kappa shape index (κ2) is 7.57. The zero-order chi connectivity index (χ0) is 16.9. The molecule has 0 saturated heterocycles. The smallest absolute Gasteiger partial charge is 0.274 e. The molecule has 0 atom stereocenters. The van der Waals surface area contributed by atoms with Gasteiger partial charge in [0.2, 0.25) is 5.95 Å². The summed E-state index contributed by atoms with van der Waals surface area (Å²) in [5.41, 5.74) is 0.649. The Kier molecular flexibility index (Phi) is 5.25. The predicted octanol–water partition coefficient (Wildman–Crippen LogP) is 4.27. The highest BCUT2D eigenvalue weighted by Gasteiger charge is 2.15. The van der Waals surface area contributed by atoms with Gasteiger partial charge < -0.3 is 10.6 Å². The predicted molar refractivity (Wildman–Crippen MR) is 91.9 cm³/mol. The van der Waals surface area contributed by atoms with Gasteiger partial charge in [-0.15, -0.1) is 0 Å². The number of nitrogens with one attached hydrogen (secondary N) is 2. The van der Waals surface area contributed by atoms with Crippen molar-refractivity contribution in [1.82, 2.24) is 9.97 Å². The average molecular weight is 349 g/mol. The Morgan fingerprint density at radius 1 is 1.21 bits per heavy atom. The van der Waals surface area contributed by atoms with Crippen LogP contribution in [0.2, 0.25) is 5.02 Å². The van der Waals surface area contributed by atoms with E-state index in [0.717, 1.165) is 12.8 Å². The minimum atomic E-state index is -0.532. The molecule has 2 aromatic rings. The Morgan fingerprint density at radius 2 is 2.00 bits per heavy atom. The summed E-state index contributed by atoms with van der Waals surface area (Å²) in [5, 5.41) is 5.89. The van der Waals surface area contributed by atoms with Crippen LogP contribution in [0.5, 0.6) is 0 Å². The average Bonchev–Trinajstić information content (AvgIpc) is 2.59. The molecule has 5 nitrogen and oxygen atoms in total. The number of halogens is 2. The second-order valence-corrected chi connectivity index (χ2v) is 6.23. The van der Waals surface area contributed by atoms with Crippen molar-refractivity contribution in [3.63, 3.8) is 0 Å². The first kappa shape index (κ1) is 16.6. The molecule has 0 radical (unpaired) electrons. The Hall–Kier alpha value is -2.21. The molecule has 126 valence electrons. The van der Waals surface area contributed by atoms with Crippen LogP contribution in [0, 0.1) is 5.82 Å². The summed E-state index contributed by atoms with van der Waals surface area (Å²) in [4.78, 5) is 20.7. The molecule has 1 saturated carbocycles. The number of amides is 1. The van der Waals surface area contributed by atoms with Gasteiger partial charge in [-0.3, -0.25) is 4.79 Å². The number of anilines is 2. The first-order chi connectivity index (χ1) is 11.6. The molecule has 1 aromatic heterocycles. The number of hydrogen-bond acceptors (Lipinski definition) is 4. The molecule has 0 unspecified atom stereocenters. The summed E-state index contributed by atoms with van der Waals surface area (Å²) >= 11 is 5.72. The van der Waals surface area contributed by atoms with Gasteiger partial charge in [0.1, 0.15) is 11.5 Å². The molecule has 1 heterocycles. The van der Waals surface area contributed by atoms with Crippen molar-refractivity contribution in [1.29, 1.82) is 0 Å². The van der Waals surface area contributed by atoms with Crippen molar-refractivity contribution in [3.8, 4) is 0 Å². The Balaban J connectivity index is 1.68. The maximum Gasteiger partial charge on any atom is 0.274 e. The fourth-order valence-corrected chi connectivity index (χ4v) is 2.93. The highest BCUT2D eigenvalue weighted by molar-refractivity contribution is 6.31. The molecule has 2 N–H and O–H groups in total. The van der Waals surface area contributed by atoms with Crippen molar-refractivity contribution < 1.29 is 9.18 Å². The van der Waals surface area contributed by atoms with E-state index in [1.54, 1.807) is 6.20 Å². The van der Waals surface area contributed by atoms with Gasteiger partial charge in [0.05, 0.1) is 5.02 Å². The minimum Gasteiger partial charge on any atom is -0.351 e. The van der Waals surface area contributed by atoms with E-state index in [9.17, 15) is 9.18 Å². The standard InChI is InChI=1S/C17H18ClFN4O/c18-13-10-12(6-7-14(13)19)21-16(24)15-8-9-20-17(23-15)22-11-4-2-1-3-5-11/h6-11H,1-5H2,(H,21,24)(H,20,22,23). The summed E-state index contributed by atoms with van der Waals surface area (Å²) < 4.78 is 13.2. The molecule has 0 bridgehead atoms. The van der Waals surface area contributed by atoms with Crippen LogP contribution in [-0.2, 0) is 0 Å². The van der Waals surface area contributed by atoms with Gasteiger partial charge in [-0.2, -0.15) is 0 Å². The van der Waals surface area contributed by atoms with Crippen molar-refractivity contribution in [3.05, 3.63) is 47.0 Å². The van der Waals surface area contributed by atoms with E-state index in [4.69, 9.17) is 11.6 Å². The van der Waals surface area contributed by atoms with Crippen LogP contribution < -0.4 is 10.6 Å². The largest absolute Gasteiger partial charge is 0.351 e. The molecule has 24 heavy (non-hydrogen) atoms. The van der Waals surface area contributed by atoms with Gasteiger partial charge in [0.25, 0.3) is 5.91 Å². The van der Waals surface area contributed by atoms with Crippen LogP contribution in [0.15, 0.2) is 30.5 Å². The lowest BCUT2D eigenvalue weighted by Gasteiger charge is -2.22. The molecule has 1 aliphatic rings. The highest BCUT2D eigenvalue weighted by Crippen LogP contribution is 2.21. The quantitative estimate of drug-likeness (QED) is 0.866. The maximum atomic E-state index is 13.2. The van der Waals surface area contributed by atoms with Crippen molar-refractivity contribution >= 4 is 29.1 Å². The third kappa shape index (κ3) is 4.20. The molecular formula is C17H18ClFN4O. The molecule has 7 heteroatoms. The van der Waals surface area contributed by atoms with E-state index in [1.165, 1.54) is 43.5 Å². The van der Waals surface area contributed by atoms with E-state index in [2.05, 4.69) is 20.6 Å². The highest BCUT2D eigenvalue weighted by atomic mass is 35.5. The number of hydrogen-bond donors (Lipinski definition) is 2. The zero-order valence-corrected chi connectivity index (χ0v) is 13.8. The third-order valence-corrected chi connectivity index (χ3v) is 4.29. The number of carbonyl (C=O) groups excluding carboxylic acids is 1. The van der Waals surface area contributed by atoms with Gasteiger partial charge in [0.15, 0.2) is 0 Å². The van der Waals surface area contributed by atoms with Gasteiger partial charge in [-0.05, 0) is 37.1 Å². The Bertz CT molecular complexity index is 734. The topological polar surface area (TPSA) is 66.9 Å². The van der Waals surface area contributed by atoms with Crippen molar-refractivity contribution in [2.45, 2.75) is 38.1 Å². The van der Waals surface area contributed by atoms with Gasteiger partial charge in [0, 0.05) is 17.9 Å². The molecule has 1 aromatic carbocycles. The van der Waals surface area contributed by atoms with Crippen molar-refractivity contribution in [2.24, 2.45) is 0 Å². The van der Waals surface area contributed by atoms with Crippen molar-refractivity contribution in [2.75, 3.05) is 10.6 Å². The minimum absolute atomic E-state index is 0.0462. The molecule has 1 amide bonds. The summed E-state index contributed by atoms with van der Waals surface area (Å²) in [6.45, 7) is 0. The molecule has 1 fully saturated rings. The normalized spacial score (nSPS) is 15.1. The Labute approximate surface area is 144 Å². The van der Waals surface area contributed by atoms with E-state index < -0.39 is 11.7 Å². The fourth-order valence-electron chi connectivity index (χ4n) is 2.75. The molecule has 0 aliphatic heterocycles. The molecule has 0 spiro atoms. The van der Waals surface area contributed by atoms with Crippen LogP contribution in [0.25, 0.3) is 0 Å². The third-order valence-electron chi connectivity index (χ3n) is 4.00. The molecule has 3 rings (SSSR count). The van der Waals surface area contributed by atoms with Crippen LogP contribution in [0.3, 0.4) is 0 Å². The first-order valence-corrected chi connectivity index (χ1v) is 8.35. The zero-order valence-electron chi connectivity index (χ0n) is 13.1. The van der Waals surface area contributed by atoms with Crippen LogP contribution in [-0.4, -0.2) is 21.9 Å². The van der Waals surface area contributed by atoms with Gasteiger partial charge in [-0.25, -0.2) is 14.4 Å². The lowest BCUT2D eigenvalue weighted by molar-refractivity contribution is 0.102. The number of nitrogens with zero attached hydrogens (tertiary/aromatic N) is 2. The SMILES string of the molecule is O=C(Nc1ccc(F)c(Cl)c1)c1ccnc(NC2CCCCC2)n1. The van der Waals surface area contributed by atoms with E-state index in [0.29, 0.717) is 17.7 Å². The van der Waals surface area contributed by atoms with Crippen LogP contribution in [0.4, 0.5) is 16.0 Å². The van der Waals surface area contributed by atoms with E-state index in [-0.39, 0.29) is 10.7 Å². The summed E-state index contributed by atoms with van der Waals surface area (Å²) in [6.07, 6.45) is 7.39. The number of carbonyl (C=O) groups is 1. The summed E-state index contributed by atoms with van der Waals surface area (Å²) in [6, 6.07) is 5.90. The lowest BCUT2D eigenvalue weighted by Crippen LogP contribution is -2.24.